The quantitative estimate of drug-likeness (QED) is 0.554. The molecule has 0 N–H and O–H groups in total. The molecule has 3 heterocycles. The van der Waals surface area contributed by atoms with Crippen LogP contribution in [0.3, 0.4) is 0 Å². The molecule has 0 aliphatic carbocycles. The van der Waals surface area contributed by atoms with Crippen molar-refractivity contribution in [3.63, 3.8) is 0 Å². The lowest BCUT2D eigenvalue weighted by molar-refractivity contribution is -0.139. The van der Waals surface area contributed by atoms with Gasteiger partial charge in [0.2, 0.25) is 23.5 Å². The molecule has 0 atom stereocenters. The van der Waals surface area contributed by atoms with Gasteiger partial charge in [0, 0.05) is 45.4 Å². The highest BCUT2D eigenvalue weighted by Gasteiger charge is 2.24. The van der Waals surface area contributed by atoms with Crippen molar-refractivity contribution in [2.75, 3.05) is 26.2 Å². The first-order chi connectivity index (χ1) is 15.2. The number of amides is 2. The molecule has 1 saturated heterocycles. The number of carbonyl (C=O) groups is 2. The highest BCUT2D eigenvalue weighted by molar-refractivity contribution is 5.78. The van der Waals surface area contributed by atoms with Crippen LogP contribution in [-0.4, -0.2) is 57.9 Å². The molecule has 2 aromatic heterocycles. The maximum atomic E-state index is 12.5. The van der Waals surface area contributed by atoms with Crippen LogP contribution in [0.25, 0.3) is 11.6 Å². The van der Waals surface area contributed by atoms with E-state index in [1.54, 1.807) is 23.3 Å². The summed E-state index contributed by atoms with van der Waals surface area (Å²) < 4.78 is 10.4. The Morgan fingerprint density at radius 1 is 0.871 bits per heavy atom. The van der Waals surface area contributed by atoms with Crippen molar-refractivity contribution in [1.82, 2.24) is 19.9 Å². The normalized spacial score (nSPS) is 14.1. The van der Waals surface area contributed by atoms with E-state index in [4.69, 9.17) is 8.94 Å². The van der Waals surface area contributed by atoms with Gasteiger partial charge < -0.3 is 18.7 Å². The van der Waals surface area contributed by atoms with E-state index in [-0.39, 0.29) is 11.8 Å². The fourth-order valence-corrected chi connectivity index (χ4v) is 3.69. The van der Waals surface area contributed by atoms with Crippen molar-refractivity contribution < 1.29 is 18.5 Å². The molecular formula is C23H26N4O4. The van der Waals surface area contributed by atoms with Crippen molar-refractivity contribution in [3.8, 4) is 11.6 Å². The number of hydrogen-bond donors (Lipinski definition) is 0. The molecule has 0 bridgehead atoms. The van der Waals surface area contributed by atoms with E-state index in [0.29, 0.717) is 62.9 Å². The summed E-state index contributed by atoms with van der Waals surface area (Å²) in [5, 5.41) is 3.87. The Morgan fingerprint density at radius 2 is 1.58 bits per heavy atom. The second-order valence-corrected chi connectivity index (χ2v) is 7.59. The molecule has 1 aliphatic heterocycles. The fraction of sp³-hybridized carbons (Fsp3) is 0.391. The minimum Gasteiger partial charge on any atom is -0.461 e. The lowest BCUT2D eigenvalue weighted by Gasteiger charge is -2.35. The summed E-state index contributed by atoms with van der Waals surface area (Å²) in [4.78, 5) is 32.9. The molecule has 0 radical (unpaired) electrons. The molecule has 31 heavy (non-hydrogen) atoms. The van der Waals surface area contributed by atoms with Crippen LogP contribution in [0.1, 0.15) is 30.7 Å². The van der Waals surface area contributed by atoms with E-state index in [0.717, 1.165) is 12.8 Å². The van der Waals surface area contributed by atoms with Crippen LogP contribution in [-0.2, 0) is 22.4 Å². The molecular weight excluding hydrogens is 396 g/mol. The predicted octanol–water partition coefficient (Wildman–Crippen LogP) is 2.96. The van der Waals surface area contributed by atoms with Gasteiger partial charge in [-0.15, -0.1) is 0 Å². The average molecular weight is 422 g/mol. The van der Waals surface area contributed by atoms with Gasteiger partial charge in [0.15, 0.2) is 5.76 Å². The van der Waals surface area contributed by atoms with Gasteiger partial charge in [-0.1, -0.05) is 35.5 Å². The van der Waals surface area contributed by atoms with Crippen LogP contribution in [0.4, 0.5) is 0 Å². The van der Waals surface area contributed by atoms with Gasteiger partial charge in [0.1, 0.15) is 0 Å². The van der Waals surface area contributed by atoms with E-state index in [9.17, 15) is 9.59 Å². The second-order valence-electron chi connectivity index (χ2n) is 7.59. The first kappa shape index (κ1) is 20.8. The van der Waals surface area contributed by atoms with E-state index < -0.39 is 0 Å². The topological polar surface area (TPSA) is 92.7 Å². The second kappa shape index (κ2) is 10.1. The Labute approximate surface area is 180 Å². The molecule has 0 spiro atoms. The summed E-state index contributed by atoms with van der Waals surface area (Å²) in [6, 6.07) is 13.7. The zero-order valence-electron chi connectivity index (χ0n) is 17.4. The predicted molar refractivity (Wildman–Crippen MR) is 113 cm³/mol. The molecule has 8 nitrogen and oxygen atoms in total. The summed E-state index contributed by atoms with van der Waals surface area (Å²) in [7, 11) is 0. The zero-order chi connectivity index (χ0) is 21.5. The van der Waals surface area contributed by atoms with Gasteiger partial charge in [0.25, 0.3) is 0 Å². The van der Waals surface area contributed by atoms with Crippen molar-refractivity contribution in [2.24, 2.45) is 0 Å². The first-order valence-corrected chi connectivity index (χ1v) is 10.6. The van der Waals surface area contributed by atoms with Gasteiger partial charge in [0.05, 0.1) is 6.26 Å². The first-order valence-electron chi connectivity index (χ1n) is 10.6. The summed E-state index contributed by atoms with van der Waals surface area (Å²) in [6.07, 6.45) is 4.51. The van der Waals surface area contributed by atoms with Crippen LogP contribution < -0.4 is 0 Å². The minimum atomic E-state index is 0.0360. The van der Waals surface area contributed by atoms with Crippen LogP contribution in [0.5, 0.6) is 0 Å². The van der Waals surface area contributed by atoms with Crippen molar-refractivity contribution in [2.45, 2.75) is 32.1 Å². The molecule has 1 aromatic carbocycles. The molecule has 8 heteroatoms. The lowest BCUT2D eigenvalue weighted by Crippen LogP contribution is -2.50. The number of furan rings is 1. The maximum Gasteiger partial charge on any atom is 0.238 e. The largest absolute Gasteiger partial charge is 0.461 e. The number of aryl methyl sites for hydroxylation is 2. The zero-order valence-corrected chi connectivity index (χ0v) is 17.4. The van der Waals surface area contributed by atoms with Crippen molar-refractivity contribution in [3.05, 3.63) is 60.2 Å². The molecule has 3 aromatic rings. The number of piperazine rings is 1. The standard InChI is InChI=1S/C23H26N4O4/c28-21(10-4-8-18-6-2-1-3-7-18)26-13-15-27(16-14-26)22(29)12-11-20-24-23(25-31-20)19-9-5-17-30-19/h1-3,5-7,9,17H,4,8,10-16H2. The van der Waals surface area contributed by atoms with E-state index in [1.165, 1.54) is 5.56 Å². The van der Waals surface area contributed by atoms with Crippen LogP contribution in [0.2, 0.25) is 0 Å². The maximum absolute atomic E-state index is 12.5. The van der Waals surface area contributed by atoms with E-state index >= 15 is 0 Å². The molecule has 0 saturated carbocycles. The number of hydrogen-bond acceptors (Lipinski definition) is 6. The summed E-state index contributed by atoms with van der Waals surface area (Å²) in [5.74, 6) is 1.53. The van der Waals surface area contributed by atoms with Crippen molar-refractivity contribution >= 4 is 11.8 Å². The smallest absolute Gasteiger partial charge is 0.238 e. The number of benzene rings is 1. The summed E-state index contributed by atoms with van der Waals surface area (Å²) >= 11 is 0. The Bertz CT molecular complexity index is 976. The van der Waals surface area contributed by atoms with Crippen molar-refractivity contribution in [1.29, 1.82) is 0 Å². The average Bonchev–Trinajstić information content (AvgIpc) is 3.50. The molecule has 162 valence electrons. The number of rotatable bonds is 8. The molecule has 1 fully saturated rings. The number of nitrogens with zero attached hydrogens (tertiary/aromatic N) is 4. The fourth-order valence-electron chi connectivity index (χ4n) is 3.69. The van der Waals surface area contributed by atoms with Gasteiger partial charge in [-0.05, 0) is 30.5 Å². The Kier molecular flexibility index (Phi) is 6.76. The van der Waals surface area contributed by atoms with Gasteiger partial charge in [-0.25, -0.2) is 0 Å². The Hall–Kier alpha value is -3.42. The third-order valence-electron chi connectivity index (χ3n) is 5.45. The molecule has 1 aliphatic rings. The van der Waals surface area contributed by atoms with E-state index in [1.807, 2.05) is 23.1 Å². The summed E-state index contributed by atoms with van der Waals surface area (Å²) in [6.45, 7) is 2.29. The highest BCUT2D eigenvalue weighted by atomic mass is 16.5. The molecule has 4 rings (SSSR count). The molecule has 2 amide bonds. The summed E-state index contributed by atoms with van der Waals surface area (Å²) in [5.41, 5.74) is 1.25. The third-order valence-corrected chi connectivity index (χ3v) is 5.45. The minimum absolute atomic E-state index is 0.0360. The van der Waals surface area contributed by atoms with Crippen LogP contribution in [0, 0.1) is 0 Å². The van der Waals surface area contributed by atoms with Crippen LogP contribution >= 0.6 is 0 Å². The highest BCUT2D eigenvalue weighted by Crippen LogP contribution is 2.17. The van der Waals surface area contributed by atoms with Gasteiger partial charge in [-0.2, -0.15) is 4.98 Å². The third kappa shape index (κ3) is 5.59. The molecule has 0 unspecified atom stereocenters. The van der Waals surface area contributed by atoms with E-state index in [2.05, 4.69) is 22.3 Å². The number of carbonyl (C=O) groups excluding carboxylic acids is 2. The van der Waals surface area contributed by atoms with Gasteiger partial charge in [-0.3, -0.25) is 9.59 Å². The Morgan fingerprint density at radius 3 is 2.26 bits per heavy atom. The monoisotopic (exact) mass is 422 g/mol. The Balaban J connectivity index is 1.16. The number of aromatic nitrogens is 2. The van der Waals surface area contributed by atoms with Crippen LogP contribution in [0.15, 0.2) is 57.7 Å². The van der Waals surface area contributed by atoms with Gasteiger partial charge >= 0.3 is 0 Å². The SMILES string of the molecule is O=C(CCCc1ccccc1)N1CCN(C(=O)CCc2nc(-c3ccco3)no2)CC1. The lowest BCUT2D eigenvalue weighted by atomic mass is 10.1.